The summed E-state index contributed by atoms with van der Waals surface area (Å²) in [4.78, 5) is 11.5. The van der Waals surface area contributed by atoms with Crippen molar-refractivity contribution in [1.29, 1.82) is 0 Å². The maximum absolute atomic E-state index is 12.9. The van der Waals surface area contributed by atoms with Crippen LogP contribution in [0.5, 0.6) is 0 Å². The van der Waals surface area contributed by atoms with E-state index in [1.54, 1.807) is 20.8 Å². The van der Waals surface area contributed by atoms with Crippen LogP contribution in [-0.4, -0.2) is 29.2 Å². The van der Waals surface area contributed by atoms with Crippen molar-refractivity contribution in [2.24, 2.45) is 5.41 Å². The number of hydrogen-bond acceptors (Lipinski definition) is 3. The second kappa shape index (κ2) is 5.42. The van der Waals surface area contributed by atoms with Gasteiger partial charge in [-0.25, -0.2) is 4.39 Å². The van der Waals surface area contributed by atoms with Crippen molar-refractivity contribution in [3.05, 3.63) is 0 Å². The quantitative estimate of drug-likeness (QED) is 0.619. The Morgan fingerprint density at radius 1 is 1.28 bits per heavy atom. The molecule has 0 aromatic rings. The van der Waals surface area contributed by atoms with Crippen molar-refractivity contribution in [2.45, 2.75) is 58.7 Å². The normalized spacial score (nSPS) is 18.1. The van der Waals surface area contributed by atoms with E-state index in [1.807, 2.05) is 0 Å². The van der Waals surface area contributed by atoms with E-state index >= 15 is 0 Å². The van der Waals surface area contributed by atoms with E-state index in [1.165, 1.54) is 0 Å². The van der Waals surface area contributed by atoms with Gasteiger partial charge in [0.1, 0.15) is 6.10 Å². The summed E-state index contributed by atoms with van der Waals surface area (Å²) < 4.78 is 53.8. The van der Waals surface area contributed by atoms with E-state index in [4.69, 9.17) is 9.84 Å². The van der Waals surface area contributed by atoms with Gasteiger partial charge in [0.2, 0.25) is 0 Å². The van der Waals surface area contributed by atoms with Crippen molar-refractivity contribution in [2.75, 3.05) is 0 Å². The predicted molar refractivity (Wildman–Crippen MR) is 56.4 cm³/mol. The number of ether oxygens (including phenoxy) is 1. The number of carbonyl (C=O) groups is 1. The SMILES string of the molecule is CCC(C)(C)C(=O)OC(C)CC(O)(F)C(F)(F)F. The van der Waals surface area contributed by atoms with Crippen LogP contribution < -0.4 is 0 Å². The zero-order chi connectivity index (χ0) is 14.8. The minimum absolute atomic E-state index is 0.428. The average Bonchev–Trinajstić information content (AvgIpc) is 2.14. The Labute approximate surface area is 103 Å². The standard InChI is InChI=1S/C11H18F4O3/c1-5-9(3,4)8(16)18-7(2)6-10(12,17)11(13,14)15/h7,17H,5-6H2,1-4H3. The van der Waals surface area contributed by atoms with E-state index in [2.05, 4.69) is 0 Å². The maximum Gasteiger partial charge on any atom is 0.448 e. The van der Waals surface area contributed by atoms with Gasteiger partial charge in [-0.05, 0) is 27.2 Å². The van der Waals surface area contributed by atoms with Crippen molar-refractivity contribution < 1.29 is 32.2 Å². The first kappa shape index (κ1) is 17.2. The Bertz CT molecular complexity index is 297. The van der Waals surface area contributed by atoms with Crippen molar-refractivity contribution >= 4 is 5.97 Å². The molecule has 0 aromatic carbocycles. The summed E-state index contributed by atoms with van der Waals surface area (Å²) in [5.74, 6) is -5.08. The highest BCUT2D eigenvalue weighted by Gasteiger charge is 2.56. The Morgan fingerprint density at radius 3 is 2.06 bits per heavy atom. The summed E-state index contributed by atoms with van der Waals surface area (Å²) in [5.41, 5.74) is -0.860. The smallest absolute Gasteiger partial charge is 0.448 e. The first-order valence-corrected chi connectivity index (χ1v) is 5.52. The molecule has 0 aliphatic heterocycles. The fraction of sp³-hybridized carbons (Fsp3) is 0.909. The van der Waals surface area contributed by atoms with Gasteiger partial charge in [0.05, 0.1) is 11.8 Å². The van der Waals surface area contributed by atoms with Gasteiger partial charge < -0.3 is 9.84 Å². The monoisotopic (exact) mass is 274 g/mol. The van der Waals surface area contributed by atoms with Crippen LogP contribution in [0.1, 0.15) is 40.5 Å². The first-order chi connectivity index (χ1) is 7.83. The molecule has 0 aromatic heterocycles. The van der Waals surface area contributed by atoms with Gasteiger partial charge in [-0.2, -0.15) is 13.2 Å². The molecule has 0 aliphatic rings. The van der Waals surface area contributed by atoms with Crippen LogP contribution in [0.25, 0.3) is 0 Å². The molecule has 0 rings (SSSR count). The molecule has 0 bridgehead atoms. The maximum atomic E-state index is 12.9. The van der Waals surface area contributed by atoms with Crippen LogP contribution in [0.3, 0.4) is 0 Å². The summed E-state index contributed by atoms with van der Waals surface area (Å²) in [6, 6.07) is 0. The van der Waals surface area contributed by atoms with Crippen LogP contribution in [-0.2, 0) is 9.53 Å². The van der Waals surface area contributed by atoms with Gasteiger partial charge in [-0.1, -0.05) is 6.92 Å². The number of carbonyl (C=O) groups excluding carboxylic acids is 1. The van der Waals surface area contributed by atoms with Crippen LogP contribution in [0.2, 0.25) is 0 Å². The highest BCUT2D eigenvalue weighted by atomic mass is 19.4. The second-order valence-electron chi connectivity index (χ2n) is 4.91. The van der Waals surface area contributed by atoms with Crippen molar-refractivity contribution in [1.82, 2.24) is 0 Å². The van der Waals surface area contributed by atoms with E-state index in [0.29, 0.717) is 6.42 Å². The molecule has 1 N–H and O–H groups in total. The van der Waals surface area contributed by atoms with E-state index in [0.717, 1.165) is 6.92 Å². The highest BCUT2D eigenvalue weighted by Crippen LogP contribution is 2.36. The third kappa shape index (κ3) is 4.44. The third-order valence-electron chi connectivity index (χ3n) is 2.74. The molecule has 0 radical (unpaired) electrons. The molecule has 2 unspecified atom stereocenters. The lowest BCUT2D eigenvalue weighted by atomic mass is 9.90. The number of hydrogen-bond donors (Lipinski definition) is 1. The Kier molecular flexibility index (Phi) is 5.16. The molecule has 3 nitrogen and oxygen atoms in total. The van der Waals surface area contributed by atoms with Crippen molar-refractivity contribution in [3.8, 4) is 0 Å². The molecular weight excluding hydrogens is 256 g/mol. The summed E-state index contributed by atoms with van der Waals surface area (Å²) in [5, 5.41) is 8.61. The Hall–Kier alpha value is -0.850. The lowest BCUT2D eigenvalue weighted by Crippen LogP contribution is -2.44. The van der Waals surface area contributed by atoms with Gasteiger partial charge >= 0.3 is 18.0 Å². The summed E-state index contributed by atoms with van der Waals surface area (Å²) in [7, 11) is 0. The van der Waals surface area contributed by atoms with E-state index in [9.17, 15) is 22.4 Å². The predicted octanol–water partition coefficient (Wildman–Crippen LogP) is 2.96. The average molecular weight is 274 g/mol. The Morgan fingerprint density at radius 2 is 1.72 bits per heavy atom. The van der Waals surface area contributed by atoms with Gasteiger partial charge in [0.25, 0.3) is 0 Å². The topological polar surface area (TPSA) is 46.5 Å². The lowest BCUT2D eigenvalue weighted by Gasteiger charge is -2.27. The first-order valence-electron chi connectivity index (χ1n) is 5.52. The summed E-state index contributed by atoms with van der Waals surface area (Å²) >= 11 is 0. The minimum atomic E-state index is -5.41. The molecule has 0 amide bonds. The fourth-order valence-electron chi connectivity index (χ4n) is 1.02. The van der Waals surface area contributed by atoms with E-state index in [-0.39, 0.29) is 0 Å². The van der Waals surface area contributed by atoms with Crippen LogP contribution >= 0.6 is 0 Å². The van der Waals surface area contributed by atoms with Gasteiger partial charge in [-0.3, -0.25) is 4.79 Å². The number of alkyl halides is 4. The van der Waals surface area contributed by atoms with Crippen LogP contribution in [0.4, 0.5) is 17.6 Å². The number of rotatable bonds is 5. The molecule has 108 valence electrons. The minimum Gasteiger partial charge on any atom is -0.462 e. The molecule has 0 spiro atoms. The summed E-state index contributed by atoms with van der Waals surface area (Å²) in [6.07, 6.45) is -7.70. The molecule has 0 heterocycles. The molecule has 0 aliphatic carbocycles. The molecule has 2 atom stereocenters. The molecular formula is C11H18F4O3. The third-order valence-corrected chi connectivity index (χ3v) is 2.74. The summed E-state index contributed by atoms with van der Waals surface area (Å²) in [6.45, 7) is 5.94. The number of halogens is 4. The Balaban J connectivity index is 4.55. The van der Waals surface area contributed by atoms with Crippen LogP contribution in [0, 0.1) is 5.41 Å². The highest BCUT2D eigenvalue weighted by molar-refractivity contribution is 5.75. The molecule has 0 saturated heterocycles. The van der Waals surface area contributed by atoms with Crippen LogP contribution in [0.15, 0.2) is 0 Å². The van der Waals surface area contributed by atoms with Crippen molar-refractivity contribution in [3.63, 3.8) is 0 Å². The number of aliphatic hydroxyl groups is 1. The van der Waals surface area contributed by atoms with E-state index < -0.39 is 35.9 Å². The molecule has 7 heteroatoms. The van der Waals surface area contributed by atoms with Gasteiger partial charge in [0.15, 0.2) is 0 Å². The molecule has 18 heavy (non-hydrogen) atoms. The second-order valence-corrected chi connectivity index (χ2v) is 4.91. The van der Waals surface area contributed by atoms with Gasteiger partial charge in [0, 0.05) is 0 Å². The fourth-order valence-corrected chi connectivity index (χ4v) is 1.02. The molecule has 0 saturated carbocycles. The number of esters is 1. The zero-order valence-corrected chi connectivity index (χ0v) is 10.8. The largest absolute Gasteiger partial charge is 0.462 e. The molecule has 0 fully saturated rings. The van der Waals surface area contributed by atoms with Gasteiger partial charge in [-0.15, -0.1) is 0 Å². The zero-order valence-electron chi connectivity index (χ0n) is 10.8. The lowest BCUT2D eigenvalue weighted by molar-refractivity contribution is -0.322.